The van der Waals surface area contributed by atoms with Crippen molar-refractivity contribution in [2.24, 2.45) is 5.92 Å². The molecule has 1 N–H and O–H groups in total. The lowest BCUT2D eigenvalue weighted by atomic mass is 10.0. The van der Waals surface area contributed by atoms with E-state index in [-0.39, 0.29) is 12.5 Å². The van der Waals surface area contributed by atoms with E-state index in [1.807, 2.05) is 4.90 Å². The molecule has 1 atom stereocenters. The second kappa shape index (κ2) is 7.74. The van der Waals surface area contributed by atoms with Gasteiger partial charge in [-0.3, -0.25) is 4.79 Å². The zero-order chi connectivity index (χ0) is 12.6. The Morgan fingerprint density at radius 2 is 1.94 bits per heavy atom. The summed E-state index contributed by atoms with van der Waals surface area (Å²) in [6, 6.07) is 0. The van der Waals surface area contributed by atoms with Crippen molar-refractivity contribution in [2.45, 2.75) is 38.5 Å². The average molecular weight is 254 g/mol. The third-order valence-electron chi connectivity index (χ3n) is 3.94. The lowest BCUT2D eigenvalue weighted by Crippen LogP contribution is -2.36. The summed E-state index contributed by atoms with van der Waals surface area (Å²) >= 11 is 0. The average Bonchev–Trinajstić information content (AvgIpc) is 2.69. The number of likely N-dealkylation sites (tertiary alicyclic amines) is 1. The molecule has 0 aliphatic carbocycles. The summed E-state index contributed by atoms with van der Waals surface area (Å²) in [5.41, 5.74) is 0. The maximum atomic E-state index is 12.0. The molecule has 2 rings (SSSR count). The standard InChI is InChI=1S/C14H26N2O2/c17-14(16-8-3-1-2-4-9-16)12-18-11-13-6-5-7-15-10-13/h13,15H,1-12H2. The first kappa shape index (κ1) is 13.8. The highest BCUT2D eigenvalue weighted by atomic mass is 16.5. The molecule has 0 aromatic rings. The van der Waals surface area contributed by atoms with Crippen molar-refractivity contribution in [3.05, 3.63) is 0 Å². The van der Waals surface area contributed by atoms with E-state index in [1.54, 1.807) is 0 Å². The van der Waals surface area contributed by atoms with Gasteiger partial charge in [0.25, 0.3) is 0 Å². The summed E-state index contributed by atoms with van der Waals surface area (Å²) < 4.78 is 5.60. The summed E-state index contributed by atoms with van der Waals surface area (Å²) in [6.45, 7) is 5.02. The first-order valence-corrected chi connectivity index (χ1v) is 7.42. The molecule has 2 fully saturated rings. The quantitative estimate of drug-likeness (QED) is 0.824. The third kappa shape index (κ3) is 4.58. The van der Waals surface area contributed by atoms with Crippen molar-refractivity contribution in [3.63, 3.8) is 0 Å². The first-order chi connectivity index (χ1) is 8.86. The minimum Gasteiger partial charge on any atom is -0.371 e. The van der Waals surface area contributed by atoms with E-state index in [0.29, 0.717) is 5.92 Å². The van der Waals surface area contributed by atoms with E-state index in [0.717, 1.165) is 45.6 Å². The summed E-state index contributed by atoms with van der Waals surface area (Å²) in [4.78, 5) is 14.0. The normalized spacial score (nSPS) is 25.8. The van der Waals surface area contributed by atoms with Gasteiger partial charge in [-0.15, -0.1) is 0 Å². The van der Waals surface area contributed by atoms with Gasteiger partial charge in [0, 0.05) is 19.6 Å². The minimum atomic E-state index is 0.181. The molecule has 0 aromatic carbocycles. The summed E-state index contributed by atoms with van der Waals surface area (Å²) in [5, 5.41) is 3.37. The van der Waals surface area contributed by atoms with Crippen LogP contribution in [0.3, 0.4) is 0 Å². The number of carbonyl (C=O) groups excluding carboxylic acids is 1. The van der Waals surface area contributed by atoms with Gasteiger partial charge in [-0.05, 0) is 38.1 Å². The van der Waals surface area contributed by atoms with E-state index in [4.69, 9.17) is 4.74 Å². The molecular weight excluding hydrogens is 228 g/mol. The number of carbonyl (C=O) groups is 1. The van der Waals surface area contributed by atoms with Gasteiger partial charge in [0.05, 0.1) is 6.61 Å². The van der Waals surface area contributed by atoms with Gasteiger partial charge in [0.15, 0.2) is 0 Å². The molecule has 104 valence electrons. The molecular formula is C14H26N2O2. The van der Waals surface area contributed by atoms with Crippen molar-refractivity contribution in [2.75, 3.05) is 39.4 Å². The van der Waals surface area contributed by atoms with Crippen molar-refractivity contribution in [1.29, 1.82) is 0 Å². The van der Waals surface area contributed by atoms with E-state index in [9.17, 15) is 4.79 Å². The van der Waals surface area contributed by atoms with E-state index < -0.39 is 0 Å². The molecule has 4 heteroatoms. The number of ether oxygens (including phenoxy) is 1. The predicted octanol–water partition coefficient (Wildman–Crippen LogP) is 1.41. The fourth-order valence-corrected chi connectivity index (χ4v) is 2.79. The Morgan fingerprint density at radius 1 is 1.17 bits per heavy atom. The fraction of sp³-hybridized carbons (Fsp3) is 0.929. The molecule has 18 heavy (non-hydrogen) atoms. The number of nitrogens with zero attached hydrogens (tertiary/aromatic N) is 1. The van der Waals surface area contributed by atoms with E-state index >= 15 is 0 Å². The highest BCUT2D eigenvalue weighted by molar-refractivity contribution is 5.77. The Balaban J connectivity index is 1.61. The van der Waals surface area contributed by atoms with E-state index in [2.05, 4.69) is 5.32 Å². The fourth-order valence-electron chi connectivity index (χ4n) is 2.79. The Kier molecular flexibility index (Phi) is 5.94. The molecule has 0 radical (unpaired) electrons. The van der Waals surface area contributed by atoms with Gasteiger partial charge >= 0.3 is 0 Å². The van der Waals surface area contributed by atoms with Gasteiger partial charge in [-0.25, -0.2) is 0 Å². The number of amides is 1. The molecule has 0 aromatic heterocycles. The molecule has 4 nitrogen and oxygen atoms in total. The van der Waals surface area contributed by atoms with Crippen molar-refractivity contribution < 1.29 is 9.53 Å². The van der Waals surface area contributed by atoms with Crippen LogP contribution in [-0.2, 0) is 9.53 Å². The minimum absolute atomic E-state index is 0.181. The van der Waals surface area contributed by atoms with Gasteiger partial charge < -0.3 is 15.0 Å². The third-order valence-corrected chi connectivity index (χ3v) is 3.94. The van der Waals surface area contributed by atoms with Crippen LogP contribution in [-0.4, -0.2) is 50.2 Å². The van der Waals surface area contributed by atoms with Crippen LogP contribution in [0.2, 0.25) is 0 Å². The van der Waals surface area contributed by atoms with Crippen molar-refractivity contribution in [3.8, 4) is 0 Å². The SMILES string of the molecule is O=C(COCC1CCCNC1)N1CCCCCC1. The van der Waals surface area contributed by atoms with Gasteiger partial charge in [0.1, 0.15) is 6.61 Å². The van der Waals surface area contributed by atoms with Crippen molar-refractivity contribution >= 4 is 5.91 Å². The molecule has 2 heterocycles. The molecule has 1 amide bonds. The van der Waals surface area contributed by atoms with Crippen LogP contribution in [0.4, 0.5) is 0 Å². The second-order valence-corrected chi connectivity index (χ2v) is 5.52. The van der Waals surface area contributed by atoms with Crippen LogP contribution in [0.5, 0.6) is 0 Å². The molecule has 1 unspecified atom stereocenters. The summed E-state index contributed by atoms with van der Waals surface area (Å²) in [5.74, 6) is 0.774. The number of rotatable bonds is 4. The lowest BCUT2D eigenvalue weighted by Gasteiger charge is -2.24. The van der Waals surface area contributed by atoms with E-state index in [1.165, 1.54) is 25.7 Å². The largest absolute Gasteiger partial charge is 0.371 e. The molecule has 0 spiro atoms. The number of hydrogen-bond donors (Lipinski definition) is 1. The molecule has 2 aliphatic rings. The maximum absolute atomic E-state index is 12.0. The topological polar surface area (TPSA) is 41.6 Å². The van der Waals surface area contributed by atoms with Gasteiger partial charge in [-0.2, -0.15) is 0 Å². The van der Waals surface area contributed by atoms with Crippen LogP contribution in [0.25, 0.3) is 0 Å². The highest BCUT2D eigenvalue weighted by Gasteiger charge is 2.17. The molecule has 2 saturated heterocycles. The van der Waals surface area contributed by atoms with Crippen LogP contribution in [0.15, 0.2) is 0 Å². The van der Waals surface area contributed by atoms with Crippen LogP contribution in [0, 0.1) is 5.92 Å². The Hall–Kier alpha value is -0.610. The van der Waals surface area contributed by atoms with Crippen molar-refractivity contribution in [1.82, 2.24) is 10.2 Å². The maximum Gasteiger partial charge on any atom is 0.248 e. The zero-order valence-electron chi connectivity index (χ0n) is 11.3. The highest BCUT2D eigenvalue weighted by Crippen LogP contribution is 2.11. The first-order valence-electron chi connectivity index (χ1n) is 7.42. The number of nitrogens with one attached hydrogen (secondary N) is 1. The number of hydrogen-bond acceptors (Lipinski definition) is 3. The second-order valence-electron chi connectivity index (χ2n) is 5.52. The molecule has 0 bridgehead atoms. The monoisotopic (exact) mass is 254 g/mol. The Morgan fingerprint density at radius 3 is 2.61 bits per heavy atom. The molecule has 2 aliphatic heterocycles. The lowest BCUT2D eigenvalue weighted by molar-refractivity contribution is -0.136. The van der Waals surface area contributed by atoms with Gasteiger partial charge in [0.2, 0.25) is 5.91 Å². The van der Waals surface area contributed by atoms with Gasteiger partial charge in [-0.1, -0.05) is 12.8 Å². The Bertz CT molecular complexity index is 244. The predicted molar refractivity (Wildman–Crippen MR) is 71.5 cm³/mol. The van der Waals surface area contributed by atoms with Crippen LogP contribution in [0.1, 0.15) is 38.5 Å². The smallest absolute Gasteiger partial charge is 0.248 e. The van der Waals surface area contributed by atoms with Crippen LogP contribution >= 0.6 is 0 Å². The Labute approximate surface area is 110 Å². The summed E-state index contributed by atoms with van der Waals surface area (Å²) in [6.07, 6.45) is 7.28. The molecule has 0 saturated carbocycles. The number of piperidine rings is 1. The zero-order valence-corrected chi connectivity index (χ0v) is 11.3. The summed E-state index contributed by atoms with van der Waals surface area (Å²) in [7, 11) is 0. The van der Waals surface area contributed by atoms with Crippen LogP contribution < -0.4 is 5.32 Å².